The third-order valence-corrected chi connectivity index (χ3v) is 4.71. The second-order valence-electron chi connectivity index (χ2n) is 7.95. The molecule has 2 atom stereocenters. The van der Waals surface area contributed by atoms with E-state index in [1.165, 1.54) is 0 Å². The topological polar surface area (TPSA) is 65.1 Å². The number of amides is 1. The number of nitrogens with zero attached hydrogens (tertiary/aromatic N) is 1. The molecule has 1 aromatic rings. The van der Waals surface area contributed by atoms with Crippen molar-refractivity contribution in [1.29, 1.82) is 0 Å². The van der Waals surface area contributed by atoms with Gasteiger partial charge >= 0.3 is 6.09 Å². The molecule has 2 aliphatic heterocycles. The Balaban J connectivity index is 1.88. The molecular formula is C20H27NO5. The number of carbonyl (C=O) groups is 2. The van der Waals surface area contributed by atoms with Gasteiger partial charge in [0.1, 0.15) is 11.9 Å². The van der Waals surface area contributed by atoms with Crippen molar-refractivity contribution in [2.45, 2.75) is 63.5 Å². The molecule has 6 heteroatoms. The maximum Gasteiger partial charge on any atom is 0.411 e. The van der Waals surface area contributed by atoms with E-state index >= 15 is 0 Å². The monoisotopic (exact) mass is 361 g/mol. The SMILES string of the molecule is CC(C)(C)OC(=O)N1C(C=O)CC2(C[C@@H]1Cc1ccccc1)OCCO2. The predicted molar refractivity (Wildman–Crippen MR) is 95.7 cm³/mol. The first-order chi connectivity index (χ1) is 12.3. The fourth-order valence-electron chi connectivity index (χ4n) is 3.73. The van der Waals surface area contributed by atoms with Crippen LogP contribution in [0, 0.1) is 0 Å². The van der Waals surface area contributed by atoms with Gasteiger partial charge in [-0.3, -0.25) is 4.90 Å². The smallest absolute Gasteiger partial charge is 0.411 e. The summed E-state index contributed by atoms with van der Waals surface area (Å²) in [6.45, 7) is 6.48. The summed E-state index contributed by atoms with van der Waals surface area (Å²) in [5.41, 5.74) is 0.461. The Kier molecular flexibility index (Phi) is 5.34. The van der Waals surface area contributed by atoms with Crippen molar-refractivity contribution >= 4 is 12.4 Å². The van der Waals surface area contributed by atoms with Gasteiger partial charge in [-0.15, -0.1) is 0 Å². The zero-order valence-corrected chi connectivity index (χ0v) is 15.6. The Hall–Kier alpha value is -1.92. The summed E-state index contributed by atoms with van der Waals surface area (Å²) in [4.78, 5) is 26.2. The molecule has 0 aliphatic carbocycles. The first kappa shape index (κ1) is 18.9. The molecule has 142 valence electrons. The number of hydrogen-bond acceptors (Lipinski definition) is 5. The average molecular weight is 361 g/mol. The number of likely N-dealkylation sites (tertiary alicyclic amines) is 1. The third kappa shape index (κ3) is 4.24. The molecule has 1 spiro atoms. The highest BCUT2D eigenvalue weighted by Gasteiger charge is 2.50. The van der Waals surface area contributed by atoms with Gasteiger partial charge in [0.05, 0.1) is 19.3 Å². The van der Waals surface area contributed by atoms with E-state index in [1.807, 2.05) is 51.1 Å². The van der Waals surface area contributed by atoms with Gasteiger partial charge in [-0.1, -0.05) is 30.3 Å². The van der Waals surface area contributed by atoms with E-state index in [2.05, 4.69) is 0 Å². The minimum absolute atomic E-state index is 0.241. The van der Waals surface area contributed by atoms with Gasteiger partial charge in [0.15, 0.2) is 5.79 Å². The zero-order valence-electron chi connectivity index (χ0n) is 15.6. The maximum absolute atomic E-state index is 12.9. The summed E-state index contributed by atoms with van der Waals surface area (Å²) in [6, 6.07) is 9.04. The first-order valence-corrected chi connectivity index (χ1v) is 9.10. The average Bonchev–Trinajstić information content (AvgIpc) is 3.01. The fraction of sp³-hybridized carbons (Fsp3) is 0.600. The van der Waals surface area contributed by atoms with Gasteiger partial charge in [-0.2, -0.15) is 0 Å². The van der Waals surface area contributed by atoms with E-state index < -0.39 is 23.5 Å². The lowest BCUT2D eigenvalue weighted by Crippen LogP contribution is -2.60. The molecule has 2 heterocycles. The van der Waals surface area contributed by atoms with Crippen molar-refractivity contribution in [3.05, 3.63) is 35.9 Å². The number of benzene rings is 1. The summed E-state index contributed by atoms with van der Waals surface area (Å²) >= 11 is 0. The second-order valence-corrected chi connectivity index (χ2v) is 7.95. The van der Waals surface area contributed by atoms with E-state index in [1.54, 1.807) is 4.90 Å². The third-order valence-electron chi connectivity index (χ3n) is 4.71. The van der Waals surface area contributed by atoms with Gasteiger partial charge in [0, 0.05) is 18.9 Å². The maximum atomic E-state index is 12.9. The van der Waals surface area contributed by atoms with E-state index in [-0.39, 0.29) is 6.04 Å². The van der Waals surface area contributed by atoms with E-state index in [0.717, 1.165) is 11.8 Å². The van der Waals surface area contributed by atoms with Crippen LogP contribution in [0.3, 0.4) is 0 Å². The van der Waals surface area contributed by atoms with E-state index in [0.29, 0.717) is 32.5 Å². The molecule has 1 unspecified atom stereocenters. The molecule has 0 bridgehead atoms. The fourth-order valence-corrected chi connectivity index (χ4v) is 3.73. The minimum atomic E-state index is -0.788. The van der Waals surface area contributed by atoms with Gasteiger partial charge < -0.3 is 19.0 Å². The van der Waals surface area contributed by atoms with Crippen LogP contribution < -0.4 is 0 Å². The highest BCUT2D eigenvalue weighted by Crippen LogP contribution is 2.39. The summed E-state index contributed by atoms with van der Waals surface area (Å²) < 4.78 is 17.3. The van der Waals surface area contributed by atoms with Crippen LogP contribution in [-0.4, -0.2) is 54.0 Å². The lowest BCUT2D eigenvalue weighted by atomic mass is 9.87. The van der Waals surface area contributed by atoms with Crippen LogP contribution in [0.1, 0.15) is 39.2 Å². The largest absolute Gasteiger partial charge is 0.444 e. The van der Waals surface area contributed by atoms with E-state index in [9.17, 15) is 9.59 Å². The van der Waals surface area contributed by atoms with Crippen LogP contribution in [0.25, 0.3) is 0 Å². The zero-order chi connectivity index (χ0) is 18.8. The van der Waals surface area contributed by atoms with Crippen LogP contribution >= 0.6 is 0 Å². The first-order valence-electron chi connectivity index (χ1n) is 9.10. The summed E-state index contributed by atoms with van der Waals surface area (Å²) in [6.07, 6.45) is 1.79. The lowest BCUT2D eigenvalue weighted by molar-refractivity contribution is -0.204. The van der Waals surface area contributed by atoms with Crippen molar-refractivity contribution in [2.75, 3.05) is 13.2 Å². The number of hydrogen-bond donors (Lipinski definition) is 0. The Morgan fingerprint density at radius 1 is 1.23 bits per heavy atom. The molecule has 3 rings (SSSR count). The van der Waals surface area contributed by atoms with Crippen molar-refractivity contribution in [3.8, 4) is 0 Å². The van der Waals surface area contributed by atoms with Gasteiger partial charge in [-0.05, 0) is 32.8 Å². The Morgan fingerprint density at radius 2 is 1.88 bits per heavy atom. The van der Waals surface area contributed by atoms with Crippen LogP contribution in [0.2, 0.25) is 0 Å². The molecule has 2 fully saturated rings. The van der Waals surface area contributed by atoms with Crippen LogP contribution in [0.5, 0.6) is 0 Å². The lowest BCUT2D eigenvalue weighted by Gasteiger charge is -2.46. The number of ether oxygens (including phenoxy) is 3. The molecule has 2 aliphatic rings. The standard InChI is InChI=1S/C20H27NO5/c1-19(2,3)26-18(23)21-16(11-15-7-5-4-6-8-15)12-20(13-17(21)14-22)24-9-10-25-20/h4-8,14,16-17H,9-13H2,1-3H3/t16-,17?/m0/s1. The summed E-state index contributed by atoms with van der Waals surface area (Å²) in [7, 11) is 0. The minimum Gasteiger partial charge on any atom is -0.444 e. The highest BCUT2D eigenvalue weighted by molar-refractivity contribution is 5.74. The van der Waals surface area contributed by atoms with Crippen molar-refractivity contribution in [1.82, 2.24) is 4.90 Å². The van der Waals surface area contributed by atoms with Gasteiger partial charge in [0.25, 0.3) is 0 Å². The normalized spacial score (nSPS) is 25.3. The molecule has 1 amide bonds. The quantitative estimate of drug-likeness (QED) is 0.775. The number of piperidine rings is 1. The number of aldehydes is 1. The Bertz CT molecular complexity index is 633. The molecule has 0 saturated carbocycles. The highest BCUT2D eigenvalue weighted by atomic mass is 16.7. The molecule has 2 saturated heterocycles. The van der Waals surface area contributed by atoms with Crippen molar-refractivity contribution < 1.29 is 23.8 Å². The van der Waals surface area contributed by atoms with Crippen LogP contribution in [-0.2, 0) is 25.4 Å². The Morgan fingerprint density at radius 3 is 2.46 bits per heavy atom. The number of rotatable bonds is 3. The molecule has 1 aromatic carbocycles. The van der Waals surface area contributed by atoms with Crippen molar-refractivity contribution in [3.63, 3.8) is 0 Å². The van der Waals surface area contributed by atoms with Crippen LogP contribution in [0.15, 0.2) is 30.3 Å². The van der Waals surface area contributed by atoms with Gasteiger partial charge in [0.2, 0.25) is 0 Å². The van der Waals surface area contributed by atoms with E-state index in [4.69, 9.17) is 14.2 Å². The molecule has 0 aromatic heterocycles. The van der Waals surface area contributed by atoms with Gasteiger partial charge in [-0.25, -0.2) is 4.79 Å². The molecule has 6 nitrogen and oxygen atoms in total. The molecular weight excluding hydrogens is 334 g/mol. The van der Waals surface area contributed by atoms with Crippen molar-refractivity contribution in [2.24, 2.45) is 0 Å². The Labute approximate surface area is 154 Å². The molecule has 0 N–H and O–H groups in total. The summed E-state index contributed by atoms with van der Waals surface area (Å²) in [5.74, 6) is -0.788. The summed E-state index contributed by atoms with van der Waals surface area (Å²) in [5, 5.41) is 0. The van der Waals surface area contributed by atoms with Crippen LogP contribution in [0.4, 0.5) is 4.79 Å². The number of carbonyl (C=O) groups excluding carboxylic acids is 2. The molecule has 0 radical (unpaired) electrons. The molecule has 26 heavy (non-hydrogen) atoms. The predicted octanol–water partition coefficient (Wildman–Crippen LogP) is 2.94. The second kappa shape index (κ2) is 7.37.